The minimum atomic E-state index is -0.0925. The number of fused-ring (bicyclic) bond motifs is 1. The molecule has 25 heavy (non-hydrogen) atoms. The van der Waals surface area contributed by atoms with Crippen molar-refractivity contribution in [2.45, 2.75) is 65.5 Å². The Balaban J connectivity index is 2.10. The standard InChI is InChI=1S/C20H26N2OS2/c1-11(2)22-16-7-12(3)14(9-17-18(23)21-19(24)25-17)8-15(16)13(4)10-20(22,5)6/h7-9,11,13H,10H2,1-6H3,(H,21,23,24)/b17-9+. The molecule has 1 amide bonds. The van der Waals surface area contributed by atoms with Gasteiger partial charge < -0.3 is 10.2 Å². The number of hydrogen-bond acceptors (Lipinski definition) is 4. The quantitative estimate of drug-likeness (QED) is 0.584. The second-order valence-corrected chi connectivity index (χ2v) is 9.72. The summed E-state index contributed by atoms with van der Waals surface area (Å²) in [7, 11) is 0. The topological polar surface area (TPSA) is 32.3 Å². The maximum absolute atomic E-state index is 12.0. The van der Waals surface area contributed by atoms with Gasteiger partial charge in [-0.1, -0.05) is 30.9 Å². The van der Waals surface area contributed by atoms with Crippen LogP contribution in [0.1, 0.15) is 63.6 Å². The molecule has 0 bridgehead atoms. The van der Waals surface area contributed by atoms with Gasteiger partial charge >= 0.3 is 0 Å². The second-order valence-electron chi connectivity index (χ2n) is 8.00. The van der Waals surface area contributed by atoms with Gasteiger partial charge in [0, 0.05) is 17.3 Å². The molecule has 0 spiro atoms. The summed E-state index contributed by atoms with van der Waals surface area (Å²) in [4.78, 5) is 15.2. The molecular formula is C20H26N2OS2. The molecule has 0 aromatic heterocycles. The number of hydrogen-bond donors (Lipinski definition) is 1. The van der Waals surface area contributed by atoms with Crippen molar-refractivity contribution in [3.8, 4) is 0 Å². The lowest BCUT2D eigenvalue weighted by atomic mass is 9.78. The number of carbonyl (C=O) groups is 1. The third-order valence-electron chi connectivity index (χ3n) is 5.11. The van der Waals surface area contributed by atoms with Crippen LogP contribution < -0.4 is 10.2 Å². The fourth-order valence-electron chi connectivity index (χ4n) is 4.31. The van der Waals surface area contributed by atoms with Gasteiger partial charge in [0.1, 0.15) is 4.32 Å². The molecule has 0 saturated carbocycles. The first-order valence-electron chi connectivity index (χ1n) is 8.79. The van der Waals surface area contributed by atoms with Crippen molar-refractivity contribution >= 4 is 46.0 Å². The van der Waals surface area contributed by atoms with E-state index in [4.69, 9.17) is 12.2 Å². The van der Waals surface area contributed by atoms with Crippen LogP contribution in [0.5, 0.6) is 0 Å². The Labute approximate surface area is 160 Å². The fourth-order valence-corrected chi connectivity index (χ4v) is 5.34. The number of rotatable bonds is 2. The highest BCUT2D eigenvalue weighted by molar-refractivity contribution is 8.26. The molecule has 1 aromatic rings. The Kier molecular flexibility index (Phi) is 4.75. The summed E-state index contributed by atoms with van der Waals surface area (Å²) in [5, 5.41) is 2.69. The molecule has 2 heterocycles. The molecule has 2 aliphatic heterocycles. The molecule has 3 rings (SSSR count). The molecule has 1 saturated heterocycles. The van der Waals surface area contributed by atoms with E-state index in [0.717, 1.165) is 12.0 Å². The Bertz CT molecular complexity index is 780. The summed E-state index contributed by atoms with van der Waals surface area (Å²) >= 11 is 6.43. The summed E-state index contributed by atoms with van der Waals surface area (Å²) in [5.41, 5.74) is 5.14. The molecule has 3 nitrogen and oxygen atoms in total. The van der Waals surface area contributed by atoms with E-state index >= 15 is 0 Å². The van der Waals surface area contributed by atoms with E-state index in [9.17, 15) is 4.79 Å². The van der Waals surface area contributed by atoms with Crippen molar-refractivity contribution in [2.75, 3.05) is 4.90 Å². The number of nitrogens with zero attached hydrogens (tertiary/aromatic N) is 1. The lowest BCUT2D eigenvalue weighted by molar-refractivity contribution is -0.115. The highest BCUT2D eigenvalue weighted by atomic mass is 32.2. The summed E-state index contributed by atoms with van der Waals surface area (Å²) in [5.74, 6) is 0.397. The van der Waals surface area contributed by atoms with Crippen LogP contribution in [0.2, 0.25) is 0 Å². The third-order valence-corrected chi connectivity index (χ3v) is 6.27. The summed E-state index contributed by atoms with van der Waals surface area (Å²) in [6.45, 7) is 13.6. The average molecular weight is 375 g/mol. The minimum absolute atomic E-state index is 0.0925. The number of carbonyl (C=O) groups excluding carboxylic acids is 1. The minimum Gasteiger partial charge on any atom is -0.364 e. The smallest absolute Gasteiger partial charge is 0.263 e. The number of thioether (sulfide) groups is 1. The zero-order valence-electron chi connectivity index (χ0n) is 15.8. The Morgan fingerprint density at radius 3 is 2.64 bits per heavy atom. The van der Waals surface area contributed by atoms with Crippen LogP contribution in [-0.2, 0) is 4.79 Å². The summed E-state index contributed by atoms with van der Waals surface area (Å²) in [6.07, 6.45) is 3.09. The zero-order chi connectivity index (χ0) is 18.5. The van der Waals surface area contributed by atoms with Crippen LogP contribution in [0.25, 0.3) is 6.08 Å². The van der Waals surface area contributed by atoms with Gasteiger partial charge in [0.05, 0.1) is 4.91 Å². The van der Waals surface area contributed by atoms with Gasteiger partial charge in [-0.05, 0) is 81.9 Å². The Morgan fingerprint density at radius 2 is 2.08 bits per heavy atom. The van der Waals surface area contributed by atoms with Gasteiger partial charge in [0.15, 0.2) is 0 Å². The lowest BCUT2D eigenvalue weighted by Gasteiger charge is -2.50. The first kappa shape index (κ1) is 18.5. The molecule has 1 fully saturated rings. The highest BCUT2D eigenvalue weighted by Gasteiger charge is 2.38. The normalized spacial score (nSPS) is 24.0. The van der Waals surface area contributed by atoms with Gasteiger partial charge in [-0.15, -0.1) is 0 Å². The van der Waals surface area contributed by atoms with Crippen molar-refractivity contribution in [1.29, 1.82) is 0 Å². The van der Waals surface area contributed by atoms with Crippen LogP contribution in [0.3, 0.4) is 0 Å². The lowest BCUT2D eigenvalue weighted by Crippen LogP contribution is -2.51. The van der Waals surface area contributed by atoms with E-state index in [-0.39, 0.29) is 11.4 Å². The third kappa shape index (κ3) is 3.36. The number of anilines is 1. The molecule has 1 unspecified atom stereocenters. The van der Waals surface area contributed by atoms with E-state index in [1.807, 2.05) is 6.08 Å². The molecule has 0 radical (unpaired) electrons. The first-order chi connectivity index (χ1) is 11.6. The number of benzene rings is 1. The van der Waals surface area contributed by atoms with Gasteiger partial charge in [0.25, 0.3) is 5.91 Å². The molecule has 134 valence electrons. The van der Waals surface area contributed by atoms with Crippen LogP contribution in [0.15, 0.2) is 17.0 Å². The monoisotopic (exact) mass is 374 g/mol. The Hall–Kier alpha value is -1.33. The van der Waals surface area contributed by atoms with Crippen LogP contribution >= 0.6 is 24.0 Å². The maximum atomic E-state index is 12.0. The van der Waals surface area contributed by atoms with E-state index in [0.29, 0.717) is 21.2 Å². The summed E-state index contributed by atoms with van der Waals surface area (Å²) in [6, 6.07) is 5.00. The molecule has 0 aliphatic carbocycles. The van der Waals surface area contributed by atoms with Crippen LogP contribution in [0, 0.1) is 6.92 Å². The molecule has 1 aromatic carbocycles. The highest BCUT2D eigenvalue weighted by Crippen LogP contribution is 2.45. The molecule has 1 N–H and O–H groups in total. The largest absolute Gasteiger partial charge is 0.364 e. The number of thiocarbonyl (C=S) groups is 1. The zero-order valence-corrected chi connectivity index (χ0v) is 17.4. The summed E-state index contributed by atoms with van der Waals surface area (Å²) < 4.78 is 0.535. The van der Waals surface area contributed by atoms with Crippen molar-refractivity contribution in [3.05, 3.63) is 33.7 Å². The maximum Gasteiger partial charge on any atom is 0.263 e. The molecule has 2 aliphatic rings. The van der Waals surface area contributed by atoms with Gasteiger partial charge in [-0.25, -0.2) is 0 Å². The van der Waals surface area contributed by atoms with Crippen molar-refractivity contribution in [2.24, 2.45) is 0 Å². The number of nitrogens with one attached hydrogen (secondary N) is 1. The number of aryl methyl sites for hydroxylation is 1. The van der Waals surface area contributed by atoms with E-state index in [2.05, 4.69) is 63.9 Å². The van der Waals surface area contributed by atoms with Crippen molar-refractivity contribution in [3.63, 3.8) is 0 Å². The van der Waals surface area contributed by atoms with Gasteiger partial charge in [-0.2, -0.15) is 0 Å². The Morgan fingerprint density at radius 1 is 1.40 bits per heavy atom. The average Bonchev–Trinajstić information content (AvgIpc) is 2.77. The predicted octanol–water partition coefficient (Wildman–Crippen LogP) is 4.98. The number of amides is 1. The van der Waals surface area contributed by atoms with Crippen LogP contribution in [-0.4, -0.2) is 21.8 Å². The second kappa shape index (κ2) is 6.44. The van der Waals surface area contributed by atoms with Crippen LogP contribution in [0.4, 0.5) is 5.69 Å². The molecular weight excluding hydrogens is 348 g/mol. The fraction of sp³-hybridized carbons (Fsp3) is 0.500. The van der Waals surface area contributed by atoms with E-state index < -0.39 is 0 Å². The predicted molar refractivity (Wildman–Crippen MR) is 112 cm³/mol. The SMILES string of the molecule is Cc1cc2c(cc1/C=C1/SC(=S)NC1=O)C(C)CC(C)(C)N2C(C)C. The van der Waals surface area contributed by atoms with E-state index in [1.54, 1.807) is 0 Å². The molecule has 1 atom stereocenters. The van der Waals surface area contributed by atoms with Crippen molar-refractivity contribution < 1.29 is 4.79 Å². The van der Waals surface area contributed by atoms with Gasteiger partial charge in [-0.3, -0.25) is 4.79 Å². The van der Waals surface area contributed by atoms with Gasteiger partial charge in [0.2, 0.25) is 0 Å². The first-order valence-corrected chi connectivity index (χ1v) is 10.0. The van der Waals surface area contributed by atoms with Crippen molar-refractivity contribution in [1.82, 2.24) is 5.32 Å². The van der Waals surface area contributed by atoms with E-state index in [1.165, 1.54) is 28.6 Å². The molecule has 5 heteroatoms.